The zero-order valence-corrected chi connectivity index (χ0v) is 11.6. The molecule has 6 nitrogen and oxygen atoms in total. The van der Waals surface area contributed by atoms with Gasteiger partial charge in [-0.15, -0.1) is 0 Å². The lowest BCUT2D eigenvalue weighted by Gasteiger charge is -2.20. The molecule has 1 aromatic heterocycles. The van der Waals surface area contributed by atoms with Gasteiger partial charge in [0, 0.05) is 12.5 Å². The third kappa shape index (κ3) is 4.25. The molecule has 0 aliphatic heterocycles. The topological polar surface area (TPSA) is 88.3 Å². The lowest BCUT2D eigenvalue weighted by molar-refractivity contribution is -0.385. The molecule has 0 amide bonds. The number of nitrogens with one attached hydrogen (secondary N) is 1. The van der Waals surface area contributed by atoms with Crippen molar-refractivity contribution in [3.63, 3.8) is 0 Å². The van der Waals surface area contributed by atoms with E-state index in [9.17, 15) is 15.2 Å². The van der Waals surface area contributed by atoms with Crippen molar-refractivity contribution < 1.29 is 10.0 Å². The van der Waals surface area contributed by atoms with Gasteiger partial charge in [0.2, 0.25) is 0 Å². The van der Waals surface area contributed by atoms with Gasteiger partial charge in [0.05, 0.1) is 17.1 Å². The standard InChI is InChI=1S/C15H17N3O3/c1-11(14(19)9-12-5-3-2-4-6-12)17-15-8-7-13(10-16-15)18(20)21/h2-8,10-11,14,19H,9H2,1H3,(H,16,17)/t11-,14-/m0/s1. The Morgan fingerprint density at radius 3 is 2.57 bits per heavy atom. The Bertz CT molecular complexity index is 587. The van der Waals surface area contributed by atoms with Crippen LogP contribution in [0.5, 0.6) is 0 Å². The van der Waals surface area contributed by atoms with Gasteiger partial charge in [-0.25, -0.2) is 4.98 Å². The second kappa shape index (κ2) is 6.81. The van der Waals surface area contributed by atoms with Gasteiger partial charge in [0.15, 0.2) is 0 Å². The summed E-state index contributed by atoms with van der Waals surface area (Å²) in [7, 11) is 0. The van der Waals surface area contributed by atoms with Crippen LogP contribution in [-0.4, -0.2) is 27.2 Å². The van der Waals surface area contributed by atoms with Crippen LogP contribution in [0.4, 0.5) is 11.5 Å². The van der Waals surface area contributed by atoms with Crippen LogP contribution in [0.15, 0.2) is 48.7 Å². The molecule has 6 heteroatoms. The summed E-state index contributed by atoms with van der Waals surface area (Å²) >= 11 is 0. The number of aliphatic hydroxyl groups excluding tert-OH is 1. The van der Waals surface area contributed by atoms with Crippen LogP contribution in [0, 0.1) is 10.1 Å². The summed E-state index contributed by atoms with van der Waals surface area (Å²) in [6.07, 6.45) is 1.14. The van der Waals surface area contributed by atoms with E-state index < -0.39 is 11.0 Å². The zero-order chi connectivity index (χ0) is 15.2. The number of nitro groups is 1. The van der Waals surface area contributed by atoms with Gasteiger partial charge in [0.1, 0.15) is 12.0 Å². The van der Waals surface area contributed by atoms with Crippen molar-refractivity contribution in [2.45, 2.75) is 25.5 Å². The molecule has 0 saturated carbocycles. The monoisotopic (exact) mass is 287 g/mol. The van der Waals surface area contributed by atoms with E-state index in [1.165, 1.54) is 18.3 Å². The number of pyridine rings is 1. The fourth-order valence-corrected chi connectivity index (χ4v) is 1.94. The van der Waals surface area contributed by atoms with Crippen molar-refractivity contribution in [2.24, 2.45) is 0 Å². The third-order valence-corrected chi connectivity index (χ3v) is 3.20. The molecule has 21 heavy (non-hydrogen) atoms. The molecule has 2 rings (SSSR count). The van der Waals surface area contributed by atoms with Gasteiger partial charge in [-0.05, 0) is 18.6 Å². The highest BCUT2D eigenvalue weighted by atomic mass is 16.6. The number of rotatable bonds is 6. The van der Waals surface area contributed by atoms with Crippen LogP contribution in [0.1, 0.15) is 12.5 Å². The predicted octanol–water partition coefficient (Wildman–Crippen LogP) is 2.39. The lowest BCUT2D eigenvalue weighted by Crippen LogP contribution is -2.32. The molecule has 0 aliphatic carbocycles. The Kier molecular flexibility index (Phi) is 4.84. The maximum atomic E-state index is 10.6. The summed E-state index contributed by atoms with van der Waals surface area (Å²) in [5.74, 6) is 0.500. The number of aromatic nitrogens is 1. The first-order chi connectivity index (χ1) is 10.1. The van der Waals surface area contributed by atoms with Crippen LogP contribution in [0.2, 0.25) is 0 Å². The molecule has 0 bridgehead atoms. The van der Waals surface area contributed by atoms with Gasteiger partial charge in [0.25, 0.3) is 5.69 Å². The Hall–Kier alpha value is -2.47. The number of hydrogen-bond donors (Lipinski definition) is 2. The molecule has 110 valence electrons. The molecule has 0 unspecified atom stereocenters. The van der Waals surface area contributed by atoms with Gasteiger partial charge < -0.3 is 10.4 Å². The molecule has 0 fully saturated rings. The summed E-state index contributed by atoms with van der Waals surface area (Å²) in [4.78, 5) is 14.0. The average Bonchev–Trinajstić information content (AvgIpc) is 2.48. The van der Waals surface area contributed by atoms with E-state index in [2.05, 4.69) is 10.3 Å². The minimum absolute atomic E-state index is 0.0574. The van der Waals surface area contributed by atoms with E-state index in [0.29, 0.717) is 12.2 Å². The summed E-state index contributed by atoms with van der Waals surface area (Å²) in [5, 5.41) is 23.8. The number of anilines is 1. The highest BCUT2D eigenvalue weighted by molar-refractivity contribution is 5.41. The van der Waals surface area contributed by atoms with Crippen LogP contribution in [0.25, 0.3) is 0 Å². The van der Waals surface area contributed by atoms with E-state index in [-0.39, 0.29) is 11.7 Å². The van der Waals surface area contributed by atoms with Gasteiger partial charge >= 0.3 is 0 Å². The van der Waals surface area contributed by atoms with Gasteiger partial charge in [-0.3, -0.25) is 10.1 Å². The van der Waals surface area contributed by atoms with E-state index in [4.69, 9.17) is 0 Å². The molecule has 1 heterocycles. The normalized spacial score (nSPS) is 13.4. The zero-order valence-electron chi connectivity index (χ0n) is 11.6. The Morgan fingerprint density at radius 1 is 1.29 bits per heavy atom. The molecule has 0 radical (unpaired) electrons. The van der Waals surface area contributed by atoms with Crippen molar-refractivity contribution in [3.8, 4) is 0 Å². The van der Waals surface area contributed by atoms with E-state index in [0.717, 1.165) is 5.56 Å². The molecule has 0 spiro atoms. The maximum Gasteiger partial charge on any atom is 0.287 e. The Labute approximate surface area is 122 Å². The molecule has 2 aromatic rings. The van der Waals surface area contributed by atoms with Crippen LogP contribution in [0.3, 0.4) is 0 Å². The number of hydrogen-bond acceptors (Lipinski definition) is 5. The maximum absolute atomic E-state index is 10.6. The summed E-state index contributed by atoms with van der Waals surface area (Å²) in [6, 6.07) is 12.4. The number of aliphatic hydroxyl groups is 1. The third-order valence-electron chi connectivity index (χ3n) is 3.20. The summed E-state index contributed by atoms with van der Waals surface area (Å²) < 4.78 is 0. The second-order valence-corrected chi connectivity index (χ2v) is 4.85. The molecule has 0 saturated heterocycles. The minimum Gasteiger partial charge on any atom is -0.391 e. The van der Waals surface area contributed by atoms with E-state index >= 15 is 0 Å². The Balaban J connectivity index is 1.94. The highest BCUT2D eigenvalue weighted by Crippen LogP contribution is 2.14. The van der Waals surface area contributed by atoms with Crippen LogP contribution < -0.4 is 5.32 Å². The first kappa shape index (κ1) is 14.9. The van der Waals surface area contributed by atoms with Crippen molar-refractivity contribution in [1.29, 1.82) is 0 Å². The lowest BCUT2D eigenvalue weighted by atomic mass is 10.0. The van der Waals surface area contributed by atoms with Crippen LogP contribution >= 0.6 is 0 Å². The smallest absolute Gasteiger partial charge is 0.287 e. The van der Waals surface area contributed by atoms with Gasteiger partial charge in [-0.1, -0.05) is 30.3 Å². The van der Waals surface area contributed by atoms with E-state index in [1.54, 1.807) is 0 Å². The minimum atomic E-state index is -0.579. The molecule has 2 atom stereocenters. The molecule has 1 aromatic carbocycles. The Morgan fingerprint density at radius 2 is 2.00 bits per heavy atom. The van der Waals surface area contributed by atoms with Crippen LogP contribution in [-0.2, 0) is 6.42 Å². The van der Waals surface area contributed by atoms with Gasteiger partial charge in [-0.2, -0.15) is 0 Å². The first-order valence-electron chi connectivity index (χ1n) is 6.65. The predicted molar refractivity (Wildman–Crippen MR) is 80.1 cm³/mol. The fourth-order valence-electron chi connectivity index (χ4n) is 1.94. The van der Waals surface area contributed by atoms with Crippen molar-refractivity contribution in [2.75, 3.05) is 5.32 Å². The average molecular weight is 287 g/mol. The highest BCUT2D eigenvalue weighted by Gasteiger charge is 2.15. The quantitative estimate of drug-likeness (QED) is 0.629. The van der Waals surface area contributed by atoms with Crippen molar-refractivity contribution in [3.05, 3.63) is 64.3 Å². The summed E-state index contributed by atoms with van der Waals surface area (Å²) in [6.45, 7) is 1.84. The number of nitrogens with zero attached hydrogens (tertiary/aromatic N) is 2. The molecular weight excluding hydrogens is 270 g/mol. The number of benzene rings is 1. The second-order valence-electron chi connectivity index (χ2n) is 4.85. The summed E-state index contributed by atoms with van der Waals surface area (Å²) in [5.41, 5.74) is 0.994. The SMILES string of the molecule is C[C@H](Nc1ccc([N+](=O)[O-])cn1)[C@@H](O)Cc1ccccc1. The molecule has 2 N–H and O–H groups in total. The van der Waals surface area contributed by atoms with Crippen molar-refractivity contribution >= 4 is 11.5 Å². The largest absolute Gasteiger partial charge is 0.391 e. The molecular formula is C15H17N3O3. The van der Waals surface area contributed by atoms with Crippen molar-refractivity contribution in [1.82, 2.24) is 4.98 Å². The fraction of sp³-hybridized carbons (Fsp3) is 0.267. The molecule has 0 aliphatic rings. The van der Waals surface area contributed by atoms with E-state index in [1.807, 2.05) is 37.3 Å². The first-order valence-corrected chi connectivity index (χ1v) is 6.65.